The summed E-state index contributed by atoms with van der Waals surface area (Å²) in [6.07, 6.45) is 2.10. The van der Waals surface area contributed by atoms with Crippen LogP contribution in [0.1, 0.15) is 32.4 Å². The fraction of sp³-hybridized carbons (Fsp3) is 0.464. The van der Waals surface area contributed by atoms with Crippen LogP contribution in [0.25, 0.3) is 0 Å². The van der Waals surface area contributed by atoms with Gasteiger partial charge in [0, 0.05) is 39.0 Å². The van der Waals surface area contributed by atoms with Crippen molar-refractivity contribution in [1.29, 1.82) is 0 Å². The van der Waals surface area contributed by atoms with Crippen molar-refractivity contribution in [2.45, 2.75) is 56.9 Å². The van der Waals surface area contributed by atoms with Crippen LogP contribution in [0.2, 0.25) is 0 Å². The molecule has 11 nitrogen and oxygen atoms in total. The minimum absolute atomic E-state index is 0.0510. The fourth-order valence-corrected chi connectivity index (χ4v) is 5.71. The van der Waals surface area contributed by atoms with Crippen LogP contribution in [0.15, 0.2) is 65.7 Å². The van der Waals surface area contributed by atoms with Crippen molar-refractivity contribution in [2.24, 2.45) is 5.92 Å². The van der Waals surface area contributed by atoms with Gasteiger partial charge >= 0.3 is 0 Å². The minimum atomic E-state index is -3.85. The smallest absolute Gasteiger partial charge is 0.242 e. The van der Waals surface area contributed by atoms with Gasteiger partial charge in [-0.25, -0.2) is 8.42 Å². The van der Waals surface area contributed by atoms with Gasteiger partial charge in [-0.1, -0.05) is 30.3 Å². The first kappa shape index (κ1) is 29.7. The van der Waals surface area contributed by atoms with Gasteiger partial charge in [0.25, 0.3) is 0 Å². The van der Waals surface area contributed by atoms with Crippen molar-refractivity contribution in [2.75, 3.05) is 26.7 Å². The molecule has 3 atom stereocenters. The molecule has 3 aromatic rings. The van der Waals surface area contributed by atoms with Crippen LogP contribution in [0.3, 0.4) is 0 Å². The lowest BCUT2D eigenvalue weighted by molar-refractivity contribution is -0.136. The molecule has 216 valence electrons. The summed E-state index contributed by atoms with van der Waals surface area (Å²) >= 11 is 0. The molecule has 0 saturated heterocycles. The zero-order chi connectivity index (χ0) is 28.7. The molecule has 1 aliphatic rings. The van der Waals surface area contributed by atoms with Crippen LogP contribution in [-0.2, 0) is 32.7 Å². The molecular formula is C28H37N5O6S. The molecule has 0 saturated carbocycles. The van der Waals surface area contributed by atoms with Gasteiger partial charge < -0.3 is 19.5 Å². The highest BCUT2D eigenvalue weighted by molar-refractivity contribution is 7.89. The molecule has 0 fully saturated rings. The van der Waals surface area contributed by atoms with E-state index >= 15 is 0 Å². The lowest BCUT2D eigenvalue weighted by Crippen LogP contribution is -2.47. The molecule has 1 aliphatic heterocycles. The summed E-state index contributed by atoms with van der Waals surface area (Å²) in [5.74, 6) is 0.858. The van der Waals surface area contributed by atoms with E-state index in [1.165, 1.54) is 23.5 Å². The van der Waals surface area contributed by atoms with Gasteiger partial charge in [0.1, 0.15) is 17.2 Å². The molecule has 2 bridgehead atoms. The van der Waals surface area contributed by atoms with Crippen molar-refractivity contribution in [3.8, 4) is 11.5 Å². The average molecular weight is 572 g/mol. The highest BCUT2D eigenvalue weighted by Gasteiger charge is 2.31. The number of para-hydroxylation sites is 1. The Hall–Kier alpha value is -3.32. The number of aliphatic hydroxyl groups excluding tert-OH is 1. The lowest BCUT2D eigenvalue weighted by atomic mass is 10.0. The van der Waals surface area contributed by atoms with Crippen molar-refractivity contribution in [1.82, 2.24) is 24.2 Å². The Bertz CT molecular complexity index is 1350. The lowest BCUT2D eigenvalue weighted by Gasteiger charge is -2.35. The number of carbonyl (C=O) groups excluding carboxylic acids is 1. The molecule has 2 aromatic carbocycles. The predicted octanol–water partition coefficient (Wildman–Crippen LogP) is 2.92. The van der Waals surface area contributed by atoms with Crippen LogP contribution in [0.5, 0.6) is 11.5 Å². The monoisotopic (exact) mass is 571 g/mol. The summed E-state index contributed by atoms with van der Waals surface area (Å²) in [5, 5.41) is 18.0. The van der Waals surface area contributed by atoms with Crippen LogP contribution in [0.4, 0.5) is 0 Å². The number of amides is 1. The molecule has 0 unspecified atom stereocenters. The zero-order valence-electron chi connectivity index (χ0n) is 23.1. The van der Waals surface area contributed by atoms with Gasteiger partial charge in [-0.3, -0.25) is 9.48 Å². The van der Waals surface area contributed by atoms with Gasteiger partial charge in [-0.15, -0.1) is 5.10 Å². The van der Waals surface area contributed by atoms with Gasteiger partial charge in [-0.05, 0) is 49.7 Å². The van der Waals surface area contributed by atoms with Gasteiger partial charge in [0.05, 0.1) is 36.5 Å². The van der Waals surface area contributed by atoms with Crippen molar-refractivity contribution < 1.29 is 27.8 Å². The van der Waals surface area contributed by atoms with Gasteiger partial charge in [0.15, 0.2) is 0 Å². The topological polar surface area (TPSA) is 127 Å². The first-order valence-corrected chi connectivity index (χ1v) is 14.8. The van der Waals surface area contributed by atoms with E-state index in [9.17, 15) is 18.3 Å². The van der Waals surface area contributed by atoms with E-state index in [2.05, 4.69) is 10.3 Å². The average Bonchev–Trinajstić information content (AvgIpc) is 3.41. The quantitative estimate of drug-likeness (QED) is 0.437. The predicted molar refractivity (Wildman–Crippen MR) is 148 cm³/mol. The van der Waals surface area contributed by atoms with Crippen LogP contribution >= 0.6 is 0 Å². The number of benzene rings is 2. The molecule has 0 aliphatic carbocycles. The van der Waals surface area contributed by atoms with Crippen molar-refractivity contribution >= 4 is 15.9 Å². The Balaban J connectivity index is 1.51. The van der Waals surface area contributed by atoms with Crippen molar-refractivity contribution in [3.05, 3.63) is 66.5 Å². The number of nitrogens with zero attached hydrogens (tertiary/aromatic N) is 5. The highest BCUT2D eigenvalue weighted by atomic mass is 32.2. The second-order valence-corrected chi connectivity index (χ2v) is 12.2. The number of hydrogen-bond donors (Lipinski definition) is 1. The number of aromatic nitrogens is 3. The number of aliphatic hydroxyl groups is 1. The molecule has 1 amide bonds. The first-order valence-electron chi connectivity index (χ1n) is 13.4. The van der Waals surface area contributed by atoms with E-state index in [-0.39, 0.29) is 42.5 Å². The zero-order valence-corrected chi connectivity index (χ0v) is 23.9. The van der Waals surface area contributed by atoms with Gasteiger partial charge in [-0.2, -0.15) is 4.31 Å². The summed E-state index contributed by atoms with van der Waals surface area (Å²) in [6.45, 7) is 4.59. The van der Waals surface area contributed by atoms with Crippen LogP contribution in [0, 0.1) is 5.92 Å². The van der Waals surface area contributed by atoms with E-state index in [0.29, 0.717) is 43.1 Å². The maximum atomic E-state index is 13.5. The van der Waals surface area contributed by atoms with Crippen LogP contribution in [-0.4, -0.2) is 82.5 Å². The number of fused-ring (bicyclic) bond motifs is 2. The third-order valence-corrected chi connectivity index (χ3v) is 8.83. The highest BCUT2D eigenvalue weighted by Crippen LogP contribution is 2.25. The summed E-state index contributed by atoms with van der Waals surface area (Å²) in [5.41, 5.74) is 0.628. The largest absolute Gasteiger partial charge is 0.457 e. The minimum Gasteiger partial charge on any atom is -0.457 e. The number of ether oxygens (including phenoxy) is 2. The summed E-state index contributed by atoms with van der Waals surface area (Å²) < 4.78 is 41.9. The third kappa shape index (κ3) is 7.45. The Morgan fingerprint density at radius 2 is 1.85 bits per heavy atom. The SMILES string of the molecule is C[C@H]1CN([C@@H](C)CO)C(=O)CCCn2cc(nn2)CO[C@H]1CN(C)S(=O)(=O)c1ccc(Oc2ccccc2)cc1. The number of sulfonamides is 1. The summed E-state index contributed by atoms with van der Waals surface area (Å²) in [7, 11) is -2.34. The molecule has 12 heteroatoms. The van der Waals surface area contributed by atoms with E-state index in [4.69, 9.17) is 9.47 Å². The Labute approximate surface area is 235 Å². The molecule has 0 radical (unpaired) electrons. The molecule has 0 spiro atoms. The summed E-state index contributed by atoms with van der Waals surface area (Å²) in [6, 6.07) is 15.1. The van der Waals surface area contributed by atoms with E-state index in [1.54, 1.807) is 34.8 Å². The molecule has 2 heterocycles. The normalized spacial score (nSPS) is 19.9. The maximum absolute atomic E-state index is 13.5. The number of hydrogen-bond acceptors (Lipinski definition) is 8. The van der Waals surface area contributed by atoms with Gasteiger partial charge in [0.2, 0.25) is 15.9 Å². The van der Waals surface area contributed by atoms with Crippen LogP contribution < -0.4 is 4.74 Å². The van der Waals surface area contributed by atoms with Crippen molar-refractivity contribution in [3.63, 3.8) is 0 Å². The molecule has 4 rings (SSSR count). The Morgan fingerprint density at radius 3 is 2.55 bits per heavy atom. The van der Waals surface area contributed by atoms with E-state index < -0.39 is 16.1 Å². The molecule has 40 heavy (non-hydrogen) atoms. The fourth-order valence-electron chi connectivity index (χ4n) is 4.53. The Kier molecular flexibility index (Phi) is 9.90. The molecule has 1 N–H and O–H groups in total. The maximum Gasteiger partial charge on any atom is 0.242 e. The first-order chi connectivity index (χ1) is 19.2. The number of aryl methyl sites for hydroxylation is 1. The number of carbonyl (C=O) groups is 1. The second kappa shape index (κ2) is 13.4. The standard InChI is InChI=1S/C28H37N5O6S/c1-21-16-33(22(2)19-34)28(35)10-7-15-32-17-23(29-30-32)20-38-27(21)18-31(3)40(36,37)26-13-11-25(12-14-26)39-24-8-5-4-6-9-24/h4-6,8-9,11-14,17,21-22,27,34H,7,10,15-16,18-20H2,1-3H3/t21-,22-,27-/m0/s1. The van der Waals surface area contributed by atoms with E-state index in [1.807, 2.05) is 37.3 Å². The molecular weight excluding hydrogens is 534 g/mol. The molecule has 1 aromatic heterocycles. The third-order valence-electron chi connectivity index (χ3n) is 6.99. The second-order valence-electron chi connectivity index (χ2n) is 10.2. The number of likely N-dealkylation sites (N-methyl/N-ethyl adjacent to an activating group) is 1. The van der Waals surface area contributed by atoms with E-state index in [0.717, 1.165) is 0 Å². The number of rotatable bonds is 8. The summed E-state index contributed by atoms with van der Waals surface area (Å²) in [4.78, 5) is 14.8. The Morgan fingerprint density at radius 1 is 1.15 bits per heavy atom.